The van der Waals surface area contributed by atoms with E-state index in [9.17, 15) is 0 Å². The van der Waals surface area contributed by atoms with Gasteiger partial charge in [0.2, 0.25) is 0 Å². The van der Waals surface area contributed by atoms with E-state index in [4.69, 9.17) is 10.2 Å². The first-order valence-corrected chi connectivity index (χ1v) is 5.91. The van der Waals surface area contributed by atoms with Gasteiger partial charge >= 0.3 is 0 Å². The van der Waals surface area contributed by atoms with Gasteiger partial charge in [0.05, 0.1) is 5.69 Å². The first-order valence-electron chi connectivity index (χ1n) is 5.03. The van der Waals surface area contributed by atoms with Gasteiger partial charge < -0.3 is 10.2 Å². The largest absolute Gasteiger partial charge is 0.437 e. The molecule has 78 valence electrons. The van der Waals surface area contributed by atoms with Gasteiger partial charge in [0, 0.05) is 11.3 Å². The third-order valence-electron chi connectivity index (χ3n) is 2.76. The number of aromatic nitrogens is 1. The molecule has 0 radical (unpaired) electrons. The monoisotopic (exact) mass is 212 g/mol. The Kier molecular flexibility index (Phi) is 2.83. The highest BCUT2D eigenvalue weighted by molar-refractivity contribution is 7.99. The van der Waals surface area contributed by atoms with Crippen LogP contribution in [-0.2, 0) is 0 Å². The van der Waals surface area contributed by atoms with Crippen molar-refractivity contribution >= 4 is 11.8 Å². The summed E-state index contributed by atoms with van der Waals surface area (Å²) in [5.74, 6) is 0.916. The highest BCUT2D eigenvalue weighted by Crippen LogP contribution is 2.34. The van der Waals surface area contributed by atoms with E-state index in [1.807, 2.05) is 13.8 Å². The molecule has 4 heteroatoms. The number of aryl methyl sites for hydroxylation is 2. The van der Waals surface area contributed by atoms with Crippen molar-refractivity contribution in [3.8, 4) is 0 Å². The van der Waals surface area contributed by atoms with E-state index < -0.39 is 0 Å². The molecular formula is C10H16N2OS. The molecule has 0 saturated heterocycles. The highest BCUT2D eigenvalue weighted by atomic mass is 32.2. The second kappa shape index (κ2) is 3.95. The highest BCUT2D eigenvalue weighted by Gasteiger charge is 2.26. The molecule has 0 aliphatic heterocycles. The minimum Gasteiger partial charge on any atom is -0.437 e. The molecule has 2 unspecified atom stereocenters. The van der Waals surface area contributed by atoms with Gasteiger partial charge in [-0.3, -0.25) is 0 Å². The number of oxazole rings is 1. The van der Waals surface area contributed by atoms with Crippen LogP contribution in [0.25, 0.3) is 0 Å². The Morgan fingerprint density at radius 1 is 1.43 bits per heavy atom. The summed E-state index contributed by atoms with van der Waals surface area (Å²) >= 11 is 1.69. The topological polar surface area (TPSA) is 52.0 Å². The van der Waals surface area contributed by atoms with Crippen LogP contribution in [0, 0.1) is 13.8 Å². The molecule has 2 N–H and O–H groups in total. The van der Waals surface area contributed by atoms with Crippen molar-refractivity contribution < 1.29 is 4.42 Å². The molecule has 1 aromatic rings. The first kappa shape index (κ1) is 10.1. The summed E-state index contributed by atoms with van der Waals surface area (Å²) in [7, 11) is 0. The minimum atomic E-state index is 0.313. The van der Waals surface area contributed by atoms with Gasteiger partial charge in [-0.1, -0.05) is 18.2 Å². The van der Waals surface area contributed by atoms with Crippen molar-refractivity contribution in [1.82, 2.24) is 4.98 Å². The number of thioether (sulfide) groups is 1. The molecule has 2 atom stereocenters. The van der Waals surface area contributed by atoms with E-state index in [0.29, 0.717) is 11.3 Å². The third kappa shape index (κ3) is 1.96. The summed E-state index contributed by atoms with van der Waals surface area (Å²) in [5.41, 5.74) is 6.97. The summed E-state index contributed by atoms with van der Waals surface area (Å²) in [6.45, 7) is 3.92. The van der Waals surface area contributed by atoms with E-state index in [0.717, 1.165) is 23.1 Å². The van der Waals surface area contributed by atoms with E-state index in [2.05, 4.69) is 4.98 Å². The number of hydrogen-bond donors (Lipinski definition) is 1. The lowest BCUT2D eigenvalue weighted by Gasteiger charge is -2.11. The fraction of sp³-hybridized carbons (Fsp3) is 0.700. The quantitative estimate of drug-likeness (QED) is 0.817. The Hall–Kier alpha value is -0.480. The zero-order chi connectivity index (χ0) is 10.1. The summed E-state index contributed by atoms with van der Waals surface area (Å²) in [6, 6.07) is 0.313. The van der Waals surface area contributed by atoms with Crippen LogP contribution < -0.4 is 5.73 Å². The van der Waals surface area contributed by atoms with Crippen LogP contribution in [0.1, 0.15) is 30.7 Å². The van der Waals surface area contributed by atoms with E-state index in [1.54, 1.807) is 11.8 Å². The third-order valence-corrected chi connectivity index (χ3v) is 4.03. The maximum Gasteiger partial charge on any atom is 0.256 e. The normalized spacial score (nSPS) is 27.1. The Bertz CT molecular complexity index is 304. The SMILES string of the molecule is Cc1nc(SC2CCCC2N)oc1C. The van der Waals surface area contributed by atoms with Gasteiger partial charge in [0.15, 0.2) is 0 Å². The fourth-order valence-corrected chi connectivity index (χ4v) is 2.94. The van der Waals surface area contributed by atoms with Crippen molar-refractivity contribution in [2.45, 2.75) is 49.6 Å². The molecule has 1 fully saturated rings. The van der Waals surface area contributed by atoms with Crippen LogP contribution in [0.3, 0.4) is 0 Å². The summed E-state index contributed by atoms with van der Waals surface area (Å²) < 4.78 is 5.52. The fourth-order valence-electron chi connectivity index (χ4n) is 1.72. The molecule has 1 aliphatic carbocycles. The van der Waals surface area contributed by atoms with Gasteiger partial charge in [-0.05, 0) is 26.7 Å². The molecule has 1 aliphatic rings. The van der Waals surface area contributed by atoms with Crippen molar-refractivity contribution in [3.63, 3.8) is 0 Å². The Balaban J connectivity index is 2.03. The summed E-state index contributed by atoms with van der Waals surface area (Å²) in [4.78, 5) is 4.35. The molecule has 0 aromatic carbocycles. The molecule has 0 amide bonds. The van der Waals surface area contributed by atoms with Crippen molar-refractivity contribution in [1.29, 1.82) is 0 Å². The van der Waals surface area contributed by atoms with Gasteiger partial charge in [0.25, 0.3) is 5.22 Å². The van der Waals surface area contributed by atoms with Crippen LogP contribution in [0.15, 0.2) is 9.64 Å². The van der Waals surface area contributed by atoms with Gasteiger partial charge in [-0.2, -0.15) is 0 Å². The first-order chi connectivity index (χ1) is 6.66. The molecule has 0 bridgehead atoms. The standard InChI is InChI=1S/C10H16N2OS/c1-6-7(2)13-10(12-6)14-9-5-3-4-8(9)11/h8-9H,3-5,11H2,1-2H3. The average molecular weight is 212 g/mol. The van der Waals surface area contributed by atoms with E-state index >= 15 is 0 Å². The lowest BCUT2D eigenvalue weighted by atomic mass is 10.3. The molecule has 1 aromatic heterocycles. The molecule has 14 heavy (non-hydrogen) atoms. The van der Waals surface area contributed by atoms with E-state index in [1.165, 1.54) is 12.8 Å². The molecule has 3 nitrogen and oxygen atoms in total. The average Bonchev–Trinajstić information content (AvgIpc) is 2.63. The summed E-state index contributed by atoms with van der Waals surface area (Å²) in [5, 5.41) is 1.27. The second-order valence-electron chi connectivity index (χ2n) is 3.87. The lowest BCUT2D eigenvalue weighted by molar-refractivity contribution is 0.429. The zero-order valence-electron chi connectivity index (χ0n) is 8.62. The Morgan fingerprint density at radius 3 is 2.71 bits per heavy atom. The molecule has 2 rings (SSSR count). The van der Waals surface area contributed by atoms with Crippen molar-refractivity contribution in [2.24, 2.45) is 5.73 Å². The minimum absolute atomic E-state index is 0.313. The van der Waals surface area contributed by atoms with Gasteiger partial charge in [-0.25, -0.2) is 4.98 Å². The van der Waals surface area contributed by atoms with Gasteiger partial charge in [-0.15, -0.1) is 0 Å². The molecule has 1 saturated carbocycles. The van der Waals surface area contributed by atoms with Crippen molar-refractivity contribution in [3.05, 3.63) is 11.5 Å². The number of nitrogens with two attached hydrogens (primary N) is 1. The number of nitrogens with zero attached hydrogens (tertiary/aromatic N) is 1. The molecule has 0 spiro atoms. The Labute approximate surface area is 88.5 Å². The van der Waals surface area contributed by atoms with E-state index in [-0.39, 0.29) is 0 Å². The van der Waals surface area contributed by atoms with Crippen LogP contribution in [0.5, 0.6) is 0 Å². The number of hydrogen-bond acceptors (Lipinski definition) is 4. The predicted molar refractivity (Wildman–Crippen MR) is 57.4 cm³/mol. The van der Waals surface area contributed by atoms with Crippen LogP contribution >= 0.6 is 11.8 Å². The second-order valence-corrected chi connectivity index (χ2v) is 5.06. The zero-order valence-corrected chi connectivity index (χ0v) is 9.43. The van der Waals surface area contributed by atoms with Crippen LogP contribution in [0.4, 0.5) is 0 Å². The lowest BCUT2D eigenvalue weighted by Crippen LogP contribution is -2.26. The van der Waals surface area contributed by atoms with Crippen LogP contribution in [0.2, 0.25) is 0 Å². The molecular weight excluding hydrogens is 196 g/mol. The van der Waals surface area contributed by atoms with Gasteiger partial charge in [0.1, 0.15) is 5.76 Å². The number of rotatable bonds is 2. The summed E-state index contributed by atoms with van der Waals surface area (Å²) in [6.07, 6.45) is 3.56. The maximum atomic E-state index is 5.98. The van der Waals surface area contributed by atoms with Crippen molar-refractivity contribution in [2.75, 3.05) is 0 Å². The van der Waals surface area contributed by atoms with Crippen LogP contribution in [-0.4, -0.2) is 16.3 Å². The Morgan fingerprint density at radius 2 is 2.21 bits per heavy atom. The predicted octanol–water partition coefficient (Wildman–Crippen LogP) is 2.26. The maximum absolute atomic E-state index is 5.98. The smallest absolute Gasteiger partial charge is 0.256 e. The molecule has 1 heterocycles.